The zero-order valence-electron chi connectivity index (χ0n) is 15.2. The van der Waals surface area contributed by atoms with E-state index in [1.807, 2.05) is 0 Å². The summed E-state index contributed by atoms with van der Waals surface area (Å²) >= 11 is 0. The molecule has 0 fully saturated rings. The van der Waals surface area contributed by atoms with E-state index in [-0.39, 0.29) is 18.1 Å². The van der Waals surface area contributed by atoms with Gasteiger partial charge in [-0.2, -0.15) is 4.68 Å². The van der Waals surface area contributed by atoms with Crippen LogP contribution in [-0.4, -0.2) is 34.7 Å². The summed E-state index contributed by atoms with van der Waals surface area (Å²) in [6, 6.07) is 9.63. The molecule has 28 heavy (non-hydrogen) atoms. The molecule has 0 saturated heterocycles. The molecule has 0 aliphatic heterocycles. The lowest BCUT2D eigenvalue weighted by molar-refractivity contribution is -0.389. The second-order valence-electron chi connectivity index (χ2n) is 5.70. The fourth-order valence-electron chi connectivity index (χ4n) is 2.51. The van der Waals surface area contributed by atoms with Gasteiger partial charge in [-0.3, -0.25) is 4.79 Å². The molecule has 3 aromatic rings. The molecule has 1 aromatic carbocycles. The normalized spacial score (nSPS) is 10.9. The number of nitrogens with zero attached hydrogens (tertiary/aromatic N) is 3. The predicted molar refractivity (Wildman–Crippen MR) is 99.6 cm³/mol. The Kier molecular flexibility index (Phi) is 5.54. The average Bonchev–Trinajstić information content (AvgIpc) is 3.35. The molecule has 2 aromatic heterocycles. The molecule has 0 saturated carbocycles. The van der Waals surface area contributed by atoms with Crippen molar-refractivity contribution in [2.45, 2.75) is 6.54 Å². The number of allylic oxidation sites excluding steroid dienone is 1. The number of nitro groups is 1. The van der Waals surface area contributed by atoms with Crippen LogP contribution in [0.3, 0.4) is 0 Å². The molecule has 144 valence electrons. The van der Waals surface area contributed by atoms with Crippen LogP contribution in [0, 0.1) is 10.1 Å². The zero-order chi connectivity index (χ0) is 20.1. The van der Waals surface area contributed by atoms with Crippen molar-refractivity contribution in [3.63, 3.8) is 0 Å². The smallest absolute Gasteiger partial charge is 0.389 e. The van der Waals surface area contributed by atoms with E-state index >= 15 is 0 Å². The van der Waals surface area contributed by atoms with E-state index in [1.165, 1.54) is 37.2 Å². The maximum Gasteiger partial charge on any atom is 0.389 e. The number of furan rings is 1. The highest BCUT2D eigenvalue weighted by molar-refractivity contribution is 6.07. The summed E-state index contributed by atoms with van der Waals surface area (Å²) in [5, 5.41) is 14.5. The molecule has 0 radical (unpaired) electrons. The van der Waals surface area contributed by atoms with E-state index < -0.39 is 4.92 Å². The lowest BCUT2D eigenvalue weighted by Gasteiger charge is -2.07. The predicted octanol–water partition coefficient (Wildman–Crippen LogP) is 3.35. The van der Waals surface area contributed by atoms with Crippen molar-refractivity contribution in [3.8, 4) is 11.5 Å². The Labute approximate surface area is 159 Å². The van der Waals surface area contributed by atoms with Crippen molar-refractivity contribution in [2.24, 2.45) is 0 Å². The van der Waals surface area contributed by atoms with Crippen LogP contribution in [0.2, 0.25) is 0 Å². The van der Waals surface area contributed by atoms with Gasteiger partial charge in [0.1, 0.15) is 18.1 Å². The van der Waals surface area contributed by atoms with Gasteiger partial charge < -0.3 is 24.0 Å². The highest BCUT2D eigenvalue weighted by atomic mass is 16.6. The number of ether oxygens (including phenoxy) is 2. The minimum atomic E-state index is -0.563. The van der Waals surface area contributed by atoms with E-state index in [0.717, 1.165) is 0 Å². The zero-order valence-corrected chi connectivity index (χ0v) is 15.2. The number of methoxy groups -OCH3 is 2. The number of hydrogen-bond donors (Lipinski definition) is 0. The Hall–Kier alpha value is -3.88. The van der Waals surface area contributed by atoms with Crippen LogP contribution < -0.4 is 9.47 Å². The van der Waals surface area contributed by atoms with Gasteiger partial charge in [0.2, 0.25) is 0 Å². The Bertz CT molecular complexity index is 1030. The van der Waals surface area contributed by atoms with Crippen LogP contribution in [0.1, 0.15) is 21.9 Å². The Morgan fingerprint density at radius 3 is 2.68 bits per heavy atom. The van der Waals surface area contributed by atoms with Gasteiger partial charge in [-0.05, 0) is 47.4 Å². The van der Waals surface area contributed by atoms with Crippen molar-refractivity contribution >= 4 is 17.7 Å². The second kappa shape index (κ2) is 8.21. The number of ketones is 1. The lowest BCUT2D eigenvalue weighted by Crippen LogP contribution is -2.00. The van der Waals surface area contributed by atoms with Crippen LogP contribution in [-0.2, 0) is 6.54 Å². The summed E-state index contributed by atoms with van der Waals surface area (Å²) in [5.74, 6) is 1.59. The van der Waals surface area contributed by atoms with Crippen molar-refractivity contribution in [1.82, 2.24) is 9.78 Å². The summed E-state index contributed by atoms with van der Waals surface area (Å²) in [5.41, 5.74) is 0.449. The summed E-state index contributed by atoms with van der Waals surface area (Å²) in [6.45, 7) is 0.241. The van der Waals surface area contributed by atoms with Crippen LogP contribution >= 0.6 is 0 Å². The number of benzene rings is 1. The molecule has 0 unspecified atom stereocenters. The summed E-state index contributed by atoms with van der Waals surface area (Å²) in [6.07, 6.45) is 4.44. The molecule has 0 atom stereocenters. The fourth-order valence-corrected chi connectivity index (χ4v) is 2.51. The van der Waals surface area contributed by atoms with Gasteiger partial charge in [0.15, 0.2) is 17.3 Å². The van der Waals surface area contributed by atoms with Crippen LogP contribution in [0.4, 0.5) is 5.82 Å². The number of rotatable bonds is 8. The third-order valence-electron chi connectivity index (χ3n) is 3.88. The number of carbonyl (C=O) groups is 1. The van der Waals surface area contributed by atoms with E-state index in [1.54, 1.807) is 36.4 Å². The molecule has 9 nitrogen and oxygen atoms in total. The van der Waals surface area contributed by atoms with E-state index in [0.29, 0.717) is 28.6 Å². The van der Waals surface area contributed by atoms with Gasteiger partial charge in [0.25, 0.3) is 0 Å². The van der Waals surface area contributed by atoms with Crippen LogP contribution in [0.25, 0.3) is 6.08 Å². The number of aromatic nitrogens is 2. The molecule has 0 aliphatic carbocycles. The lowest BCUT2D eigenvalue weighted by atomic mass is 10.1. The highest BCUT2D eigenvalue weighted by Crippen LogP contribution is 2.27. The van der Waals surface area contributed by atoms with Gasteiger partial charge >= 0.3 is 5.82 Å². The maximum atomic E-state index is 12.3. The first kappa shape index (κ1) is 18.9. The quantitative estimate of drug-likeness (QED) is 0.254. The molecule has 0 amide bonds. The van der Waals surface area contributed by atoms with Gasteiger partial charge in [-0.15, -0.1) is 0 Å². The molecule has 3 rings (SSSR count). The SMILES string of the molecule is COc1ccc(C(=O)/C=C/c2ccc(Cn3ccc([N+](=O)[O-])n3)o2)cc1OC. The molecule has 0 aliphatic rings. The molecule has 2 heterocycles. The van der Waals surface area contributed by atoms with Gasteiger partial charge in [-0.25, -0.2) is 0 Å². The first-order chi connectivity index (χ1) is 13.5. The second-order valence-corrected chi connectivity index (χ2v) is 5.70. The Balaban J connectivity index is 1.67. The van der Waals surface area contributed by atoms with Crippen LogP contribution in [0.5, 0.6) is 11.5 Å². The van der Waals surface area contributed by atoms with E-state index in [4.69, 9.17) is 13.9 Å². The van der Waals surface area contributed by atoms with Gasteiger partial charge in [0.05, 0.1) is 31.6 Å². The summed E-state index contributed by atoms with van der Waals surface area (Å²) in [4.78, 5) is 22.4. The van der Waals surface area contributed by atoms with Crippen molar-refractivity contribution in [1.29, 1.82) is 0 Å². The first-order valence-electron chi connectivity index (χ1n) is 8.21. The van der Waals surface area contributed by atoms with Gasteiger partial charge in [-0.1, -0.05) is 0 Å². The van der Waals surface area contributed by atoms with Crippen molar-refractivity contribution < 1.29 is 23.6 Å². The van der Waals surface area contributed by atoms with E-state index in [9.17, 15) is 14.9 Å². The first-order valence-corrected chi connectivity index (χ1v) is 8.21. The minimum absolute atomic E-state index is 0.221. The summed E-state index contributed by atoms with van der Waals surface area (Å²) in [7, 11) is 3.02. The highest BCUT2D eigenvalue weighted by Gasteiger charge is 2.12. The number of hydrogen-bond acceptors (Lipinski definition) is 7. The fraction of sp³-hybridized carbons (Fsp3) is 0.158. The maximum absolute atomic E-state index is 12.3. The molecule has 0 N–H and O–H groups in total. The largest absolute Gasteiger partial charge is 0.493 e. The topological polar surface area (TPSA) is 110 Å². The van der Waals surface area contributed by atoms with Gasteiger partial charge in [0, 0.05) is 5.56 Å². The number of carbonyl (C=O) groups excluding carboxylic acids is 1. The molecule has 9 heteroatoms. The van der Waals surface area contributed by atoms with E-state index in [2.05, 4.69) is 5.10 Å². The standard InChI is InChI=1S/C19H17N3O6/c1-26-17-8-3-13(11-18(17)27-2)16(23)7-6-14-4-5-15(28-14)12-21-10-9-19(20-21)22(24)25/h3-11H,12H2,1-2H3/b7-6+. The Morgan fingerprint density at radius 2 is 2.00 bits per heavy atom. The molecule has 0 bridgehead atoms. The molecule has 0 spiro atoms. The third-order valence-corrected chi connectivity index (χ3v) is 3.88. The molecular weight excluding hydrogens is 366 g/mol. The monoisotopic (exact) mass is 383 g/mol. The van der Waals surface area contributed by atoms with Crippen molar-refractivity contribution in [2.75, 3.05) is 14.2 Å². The average molecular weight is 383 g/mol. The third kappa shape index (κ3) is 4.26. The Morgan fingerprint density at radius 1 is 1.21 bits per heavy atom. The summed E-state index contributed by atoms with van der Waals surface area (Å²) < 4.78 is 17.4. The van der Waals surface area contributed by atoms with Crippen LogP contribution in [0.15, 0.2) is 53.1 Å². The molecular formula is C19H17N3O6. The minimum Gasteiger partial charge on any atom is -0.493 e. The van der Waals surface area contributed by atoms with Crippen molar-refractivity contribution in [3.05, 3.63) is 75.9 Å².